The smallest absolute Gasteiger partial charge is 0.297 e. The van der Waals surface area contributed by atoms with Crippen LogP contribution in [0.4, 0.5) is 23.0 Å². The fourth-order valence-corrected chi connectivity index (χ4v) is 9.25. The summed E-state index contributed by atoms with van der Waals surface area (Å²) in [5, 5.41) is 12.7. The number of ether oxygens (including phenoxy) is 1. The molecule has 55 heavy (non-hydrogen) atoms. The predicted molar refractivity (Wildman–Crippen MR) is 206 cm³/mol. The highest BCUT2D eigenvalue weighted by Gasteiger charge is 2.21. The van der Waals surface area contributed by atoms with Gasteiger partial charge in [-0.15, -0.1) is 0 Å². The van der Waals surface area contributed by atoms with Gasteiger partial charge in [-0.05, 0) is 66.6 Å². The Labute approximate surface area is 326 Å². The Morgan fingerprint density at radius 3 is 1.95 bits per heavy atom. The molecule has 4 aromatic rings. The Bertz CT molecular complexity index is 2490. The summed E-state index contributed by atoms with van der Waals surface area (Å²) < 4.78 is 127. The second kappa shape index (κ2) is 19.1. The molecular formula is C30H36N6O13S6. The Morgan fingerprint density at radius 1 is 0.709 bits per heavy atom. The molecule has 0 unspecified atom stereocenters. The molecule has 3 aromatic carbocycles. The second-order valence-corrected chi connectivity index (χ2v) is 19.9. The summed E-state index contributed by atoms with van der Waals surface area (Å²) in [4.78, 5) is 13.0. The molecule has 4 rings (SSSR count). The molecule has 0 aliphatic rings. The first-order chi connectivity index (χ1) is 25.8. The van der Waals surface area contributed by atoms with Crippen molar-refractivity contribution in [2.75, 3.05) is 49.7 Å². The number of benzene rings is 3. The lowest BCUT2D eigenvalue weighted by Gasteiger charge is -2.12. The topological polar surface area (TPSA) is 280 Å². The molecular weight excluding hydrogens is 845 g/mol. The number of fused-ring (bicyclic) bond motifs is 1. The number of azo groups is 1. The minimum atomic E-state index is -4.45. The third kappa shape index (κ3) is 14.2. The molecule has 0 saturated carbocycles. The van der Waals surface area contributed by atoms with Gasteiger partial charge in [-0.3, -0.25) is 17.5 Å². The Balaban J connectivity index is 1.57. The van der Waals surface area contributed by atoms with E-state index in [0.29, 0.717) is 50.7 Å². The van der Waals surface area contributed by atoms with Crippen LogP contribution in [0.3, 0.4) is 0 Å². The number of nitrogens with one attached hydrogen (secondary N) is 1. The van der Waals surface area contributed by atoms with Gasteiger partial charge in [-0.25, -0.2) is 0 Å². The highest BCUT2D eigenvalue weighted by Crippen LogP contribution is 2.34. The van der Waals surface area contributed by atoms with E-state index in [2.05, 4.69) is 38.9 Å². The molecule has 0 radical (unpaired) electrons. The number of rotatable bonds is 21. The van der Waals surface area contributed by atoms with E-state index >= 15 is 0 Å². The first-order valence-corrected chi connectivity index (χ1v) is 23.9. The number of anilines is 2. The lowest BCUT2D eigenvalue weighted by Crippen LogP contribution is -2.08. The van der Waals surface area contributed by atoms with E-state index in [4.69, 9.17) is 9.29 Å². The van der Waals surface area contributed by atoms with Crippen LogP contribution >= 0.6 is 23.5 Å². The fourth-order valence-electron chi connectivity index (χ4n) is 4.66. The van der Waals surface area contributed by atoms with Crippen LogP contribution in [0, 0.1) is 0 Å². The SMILES string of the molecule is COc1cc(N=Nc2ccc3cc(CS(=O)(=O)O)cc(S(=O)(=O)OC)c3c2)ccc1Nc1nc(SCCCCS(=O)(=O)O)nc(SCCCS(=O)(=O)OC)n1. The van der Waals surface area contributed by atoms with Crippen molar-refractivity contribution in [1.82, 2.24) is 15.0 Å². The minimum Gasteiger partial charge on any atom is -0.494 e. The summed E-state index contributed by atoms with van der Waals surface area (Å²) >= 11 is 2.44. The van der Waals surface area contributed by atoms with E-state index in [0.717, 1.165) is 20.3 Å². The Kier molecular flexibility index (Phi) is 15.3. The molecule has 0 atom stereocenters. The summed E-state index contributed by atoms with van der Waals surface area (Å²) in [5.41, 5.74) is 1.06. The summed E-state index contributed by atoms with van der Waals surface area (Å²) in [7, 11) is -13.0. The van der Waals surface area contributed by atoms with Gasteiger partial charge in [0, 0.05) is 23.0 Å². The van der Waals surface area contributed by atoms with Gasteiger partial charge in [0.15, 0.2) is 10.3 Å². The van der Waals surface area contributed by atoms with Crippen LogP contribution in [-0.2, 0) is 54.6 Å². The number of hydrogen-bond donors (Lipinski definition) is 3. The number of unbranched alkanes of at least 4 members (excludes halogenated alkanes) is 1. The number of thioether (sulfide) groups is 2. The quantitative estimate of drug-likeness (QED) is 0.0321. The molecule has 300 valence electrons. The molecule has 0 saturated heterocycles. The predicted octanol–water partition coefficient (Wildman–Crippen LogP) is 5.13. The molecule has 0 bridgehead atoms. The molecule has 0 aliphatic carbocycles. The van der Waals surface area contributed by atoms with Gasteiger partial charge in [0.05, 0.1) is 49.9 Å². The van der Waals surface area contributed by atoms with Crippen molar-refractivity contribution in [3.63, 3.8) is 0 Å². The molecule has 3 N–H and O–H groups in total. The summed E-state index contributed by atoms with van der Waals surface area (Å²) in [6.45, 7) is 0. The Morgan fingerprint density at radius 2 is 1.35 bits per heavy atom. The maximum Gasteiger partial charge on any atom is 0.297 e. The lowest BCUT2D eigenvalue weighted by molar-refractivity contribution is 0.396. The molecule has 0 spiro atoms. The monoisotopic (exact) mass is 880 g/mol. The first-order valence-electron chi connectivity index (χ1n) is 15.7. The van der Waals surface area contributed by atoms with E-state index in [1.165, 1.54) is 54.9 Å². The van der Waals surface area contributed by atoms with E-state index in [1.54, 1.807) is 18.2 Å². The van der Waals surface area contributed by atoms with Crippen LogP contribution in [0.1, 0.15) is 24.8 Å². The van der Waals surface area contributed by atoms with Gasteiger partial charge in [0.1, 0.15) is 16.4 Å². The van der Waals surface area contributed by atoms with E-state index in [-0.39, 0.29) is 51.8 Å². The van der Waals surface area contributed by atoms with Crippen LogP contribution in [0.5, 0.6) is 5.75 Å². The highest BCUT2D eigenvalue weighted by atomic mass is 32.2. The first kappa shape index (κ1) is 44.2. The molecule has 19 nitrogen and oxygen atoms in total. The summed E-state index contributed by atoms with van der Waals surface area (Å²) in [6.07, 6.45) is 0.948. The Hall–Kier alpha value is -3.53. The van der Waals surface area contributed by atoms with Gasteiger partial charge in [0.25, 0.3) is 40.5 Å². The van der Waals surface area contributed by atoms with Crippen LogP contribution in [0.2, 0.25) is 0 Å². The minimum absolute atomic E-state index is 0.0345. The third-order valence-electron chi connectivity index (χ3n) is 7.16. The maximum absolute atomic E-state index is 12.7. The van der Waals surface area contributed by atoms with Crippen LogP contribution in [0.15, 0.2) is 74.0 Å². The molecule has 0 aliphatic heterocycles. The standard InChI is InChI=1S/C30H36N6O13S6/c1-47-26-18-23(36-35-22-8-7-21-15-20(19-53(40,41)42)16-27(24(21)17-22)55(45,46)49-3)9-10-25(26)31-28-32-29(50-11-4-5-13-52(37,38)39)34-30(33-28)51-12-6-14-54(43,44)48-2/h7-10,15-18H,4-6,11-14,19H2,1-3H3,(H,37,38,39)(H,40,41,42)(H,31,32,33,34). The van der Waals surface area contributed by atoms with Crippen LogP contribution in [-0.4, -0.2) is 102 Å². The average molecular weight is 881 g/mol. The molecule has 1 aromatic heterocycles. The average Bonchev–Trinajstić information content (AvgIpc) is 3.11. The largest absolute Gasteiger partial charge is 0.494 e. The number of nitrogens with zero attached hydrogens (tertiary/aromatic N) is 5. The highest BCUT2D eigenvalue weighted by molar-refractivity contribution is 7.99. The van der Waals surface area contributed by atoms with E-state index in [1.807, 2.05) is 0 Å². The summed E-state index contributed by atoms with van der Waals surface area (Å²) in [5.74, 6) is -0.134. The van der Waals surface area contributed by atoms with Crippen molar-refractivity contribution in [1.29, 1.82) is 0 Å². The van der Waals surface area contributed by atoms with Crippen LogP contribution < -0.4 is 10.1 Å². The number of methoxy groups -OCH3 is 1. The molecule has 0 fully saturated rings. The van der Waals surface area contributed by atoms with Crippen molar-refractivity contribution in [2.45, 2.75) is 40.2 Å². The van der Waals surface area contributed by atoms with Crippen molar-refractivity contribution >= 4 is 97.8 Å². The van der Waals surface area contributed by atoms with Gasteiger partial charge in [-0.1, -0.05) is 29.6 Å². The summed E-state index contributed by atoms with van der Waals surface area (Å²) in [6, 6.07) is 11.8. The molecule has 0 amide bonds. The van der Waals surface area contributed by atoms with Gasteiger partial charge in [0.2, 0.25) is 5.95 Å². The third-order valence-corrected chi connectivity index (χ3v) is 13.1. The zero-order valence-electron chi connectivity index (χ0n) is 29.3. The number of aromatic nitrogens is 3. The van der Waals surface area contributed by atoms with Crippen molar-refractivity contribution in [3.05, 3.63) is 54.1 Å². The van der Waals surface area contributed by atoms with Gasteiger partial charge >= 0.3 is 0 Å². The second-order valence-electron chi connectivity index (χ2n) is 11.3. The lowest BCUT2D eigenvalue weighted by atomic mass is 10.1. The maximum atomic E-state index is 12.7. The van der Waals surface area contributed by atoms with E-state index < -0.39 is 46.2 Å². The zero-order chi connectivity index (χ0) is 40.4. The van der Waals surface area contributed by atoms with Gasteiger partial charge in [-0.2, -0.15) is 58.9 Å². The number of hydrogen-bond acceptors (Lipinski definition) is 19. The zero-order valence-corrected chi connectivity index (χ0v) is 34.2. The van der Waals surface area contributed by atoms with Gasteiger partial charge < -0.3 is 10.1 Å². The van der Waals surface area contributed by atoms with Crippen molar-refractivity contribution < 1.29 is 55.9 Å². The van der Waals surface area contributed by atoms with Crippen molar-refractivity contribution in [3.8, 4) is 5.75 Å². The normalized spacial score (nSPS) is 12.7. The van der Waals surface area contributed by atoms with Crippen LogP contribution in [0.25, 0.3) is 10.8 Å². The molecule has 1 heterocycles. The van der Waals surface area contributed by atoms with Crippen molar-refractivity contribution in [2.24, 2.45) is 10.2 Å². The fraction of sp³-hybridized carbons (Fsp3) is 0.367. The van der Waals surface area contributed by atoms with E-state index in [9.17, 15) is 38.2 Å². The molecule has 25 heteroatoms.